The van der Waals surface area contributed by atoms with Gasteiger partial charge in [-0.15, -0.1) is 0 Å². The number of hydrogen-bond acceptors (Lipinski definition) is 6. The van der Waals surface area contributed by atoms with Gasteiger partial charge in [0.25, 0.3) is 11.8 Å². The number of fused-ring (bicyclic) bond motifs is 1. The van der Waals surface area contributed by atoms with Gasteiger partial charge < -0.3 is 20.9 Å². The van der Waals surface area contributed by atoms with Gasteiger partial charge in [-0.25, -0.2) is 5.43 Å². The van der Waals surface area contributed by atoms with Crippen LogP contribution in [0.15, 0.2) is 59.7 Å². The summed E-state index contributed by atoms with van der Waals surface area (Å²) in [6.07, 6.45) is 2.18. The molecule has 9 heteroatoms. The van der Waals surface area contributed by atoms with E-state index in [-0.39, 0.29) is 34.4 Å². The number of nitrogens with zero attached hydrogens (tertiary/aromatic N) is 1. The molecule has 3 rings (SSSR count). The number of nitrogens with two attached hydrogens (primary N) is 1. The molecule has 34 heavy (non-hydrogen) atoms. The maximum atomic E-state index is 12.3. The van der Waals surface area contributed by atoms with Crippen LogP contribution in [0.4, 0.5) is 0 Å². The van der Waals surface area contributed by atoms with Crippen molar-refractivity contribution >= 4 is 40.4 Å². The van der Waals surface area contributed by atoms with Gasteiger partial charge in [0.05, 0.1) is 11.2 Å². The Morgan fingerprint density at radius 3 is 2.59 bits per heavy atom. The first-order valence-corrected chi connectivity index (χ1v) is 11.0. The lowest BCUT2D eigenvalue weighted by Crippen LogP contribution is -2.38. The molecule has 5 N–H and O–H groups in total. The number of carbonyl (C=O) groups excluding carboxylic acids is 2. The van der Waals surface area contributed by atoms with Crippen LogP contribution in [0.2, 0.25) is 5.02 Å². The van der Waals surface area contributed by atoms with Crippen LogP contribution in [-0.2, 0) is 4.79 Å². The van der Waals surface area contributed by atoms with Gasteiger partial charge in [-0.05, 0) is 56.0 Å². The molecular formula is C25H27ClN4O4. The summed E-state index contributed by atoms with van der Waals surface area (Å²) in [5.41, 5.74) is 9.03. The molecule has 0 aliphatic rings. The zero-order chi connectivity index (χ0) is 24.7. The molecule has 0 unspecified atom stereocenters. The average molecular weight is 483 g/mol. The molecule has 0 aromatic heterocycles. The Morgan fingerprint density at radius 1 is 1.15 bits per heavy atom. The van der Waals surface area contributed by atoms with E-state index in [4.69, 9.17) is 22.1 Å². The SMILES string of the molecule is CC(C)(N)CCNC(=O)COc1ccc(/C=N/NC(=O)c2ccc(O)c(Cl)c2)c2ccccc12. The fraction of sp³-hybridized carbons (Fsp3) is 0.240. The fourth-order valence-corrected chi connectivity index (χ4v) is 3.31. The van der Waals surface area contributed by atoms with E-state index < -0.39 is 5.91 Å². The van der Waals surface area contributed by atoms with E-state index in [0.717, 1.165) is 16.3 Å². The van der Waals surface area contributed by atoms with Crippen molar-refractivity contribution in [2.24, 2.45) is 10.8 Å². The second-order valence-electron chi connectivity index (χ2n) is 8.44. The van der Waals surface area contributed by atoms with Crippen molar-refractivity contribution < 1.29 is 19.4 Å². The van der Waals surface area contributed by atoms with Gasteiger partial charge in [0, 0.05) is 28.6 Å². The van der Waals surface area contributed by atoms with Gasteiger partial charge in [-0.2, -0.15) is 5.10 Å². The molecule has 3 aromatic carbocycles. The fourth-order valence-electron chi connectivity index (χ4n) is 3.12. The van der Waals surface area contributed by atoms with E-state index in [0.29, 0.717) is 18.7 Å². The molecule has 0 spiro atoms. The molecule has 0 saturated heterocycles. The third-order valence-corrected chi connectivity index (χ3v) is 5.25. The third-order valence-electron chi connectivity index (χ3n) is 4.95. The second kappa shape index (κ2) is 11.0. The van der Waals surface area contributed by atoms with Crippen LogP contribution in [0.1, 0.15) is 36.2 Å². The van der Waals surface area contributed by atoms with Gasteiger partial charge in [0.1, 0.15) is 11.5 Å². The predicted molar refractivity (Wildman–Crippen MR) is 134 cm³/mol. The lowest BCUT2D eigenvalue weighted by molar-refractivity contribution is -0.123. The van der Waals surface area contributed by atoms with E-state index in [2.05, 4.69) is 15.8 Å². The number of amides is 2. The van der Waals surface area contributed by atoms with Crippen molar-refractivity contribution in [3.05, 3.63) is 70.7 Å². The number of nitrogens with one attached hydrogen (secondary N) is 2. The number of rotatable bonds is 9. The third kappa shape index (κ3) is 6.94. The highest BCUT2D eigenvalue weighted by molar-refractivity contribution is 6.32. The van der Waals surface area contributed by atoms with Gasteiger partial charge in [-0.3, -0.25) is 9.59 Å². The highest BCUT2D eigenvalue weighted by Crippen LogP contribution is 2.28. The number of hydrogen-bond donors (Lipinski definition) is 4. The summed E-state index contributed by atoms with van der Waals surface area (Å²) in [7, 11) is 0. The Bertz CT molecular complexity index is 1220. The van der Waals surface area contributed by atoms with Gasteiger partial charge >= 0.3 is 0 Å². The van der Waals surface area contributed by atoms with Crippen molar-refractivity contribution in [2.45, 2.75) is 25.8 Å². The van der Waals surface area contributed by atoms with Crippen LogP contribution >= 0.6 is 11.6 Å². The van der Waals surface area contributed by atoms with Crippen LogP contribution in [0, 0.1) is 0 Å². The summed E-state index contributed by atoms with van der Waals surface area (Å²) >= 11 is 5.85. The van der Waals surface area contributed by atoms with E-state index in [1.165, 1.54) is 24.4 Å². The number of halogens is 1. The van der Waals surface area contributed by atoms with Crippen molar-refractivity contribution in [3.8, 4) is 11.5 Å². The highest BCUT2D eigenvalue weighted by atomic mass is 35.5. The Labute approximate surface area is 202 Å². The minimum atomic E-state index is -0.466. The number of benzene rings is 3. The van der Waals surface area contributed by atoms with E-state index in [9.17, 15) is 14.7 Å². The van der Waals surface area contributed by atoms with Gasteiger partial charge in [0.15, 0.2) is 6.61 Å². The molecule has 8 nitrogen and oxygen atoms in total. The Hall–Kier alpha value is -3.62. The normalized spacial score (nSPS) is 11.5. The Kier molecular flexibility index (Phi) is 8.09. The van der Waals surface area contributed by atoms with Crippen molar-refractivity contribution in [1.82, 2.24) is 10.7 Å². The first-order chi connectivity index (χ1) is 16.1. The van der Waals surface area contributed by atoms with Crippen LogP contribution in [0.5, 0.6) is 11.5 Å². The smallest absolute Gasteiger partial charge is 0.271 e. The van der Waals surface area contributed by atoms with E-state index >= 15 is 0 Å². The molecule has 0 fully saturated rings. The van der Waals surface area contributed by atoms with Gasteiger partial charge in [-0.1, -0.05) is 35.9 Å². The molecule has 3 aromatic rings. The van der Waals surface area contributed by atoms with Crippen LogP contribution in [0.25, 0.3) is 10.8 Å². The summed E-state index contributed by atoms with van der Waals surface area (Å²) in [5, 5.41) is 18.0. The quantitative estimate of drug-likeness (QED) is 0.274. The molecule has 0 aliphatic carbocycles. The van der Waals surface area contributed by atoms with Crippen LogP contribution < -0.4 is 21.2 Å². The molecule has 0 aliphatic heterocycles. The summed E-state index contributed by atoms with van der Waals surface area (Å²) in [6.45, 7) is 4.17. The summed E-state index contributed by atoms with van der Waals surface area (Å²) < 4.78 is 5.75. The standard InChI is InChI=1S/C25H27ClN4O4/c1-25(2,27)11-12-28-23(32)15-34-22-10-8-17(18-5-3-4-6-19(18)22)14-29-30-24(33)16-7-9-21(31)20(26)13-16/h3-10,13-14,31H,11-12,15,27H2,1-2H3,(H,28,32)(H,30,33)/b29-14+. The molecule has 0 saturated carbocycles. The zero-order valence-corrected chi connectivity index (χ0v) is 19.7. The van der Waals surface area contributed by atoms with Crippen molar-refractivity contribution in [2.75, 3.05) is 13.2 Å². The number of hydrazone groups is 1. The molecule has 0 heterocycles. The summed E-state index contributed by atoms with van der Waals surface area (Å²) in [6, 6.07) is 15.2. The maximum Gasteiger partial charge on any atom is 0.271 e. The van der Waals surface area contributed by atoms with Crippen molar-refractivity contribution in [3.63, 3.8) is 0 Å². The number of carbonyl (C=O) groups is 2. The molecule has 2 amide bonds. The number of phenols is 1. The van der Waals surface area contributed by atoms with E-state index in [1.54, 1.807) is 12.1 Å². The van der Waals surface area contributed by atoms with Crippen LogP contribution in [-0.4, -0.2) is 41.8 Å². The maximum absolute atomic E-state index is 12.3. The molecule has 0 radical (unpaired) electrons. The summed E-state index contributed by atoms with van der Waals surface area (Å²) in [5.74, 6) is -0.236. The largest absolute Gasteiger partial charge is 0.506 e. The number of aromatic hydroxyl groups is 1. The lowest BCUT2D eigenvalue weighted by atomic mass is 10.0. The molecule has 0 atom stereocenters. The highest BCUT2D eigenvalue weighted by Gasteiger charge is 2.12. The predicted octanol–water partition coefficient (Wildman–Crippen LogP) is 3.59. The second-order valence-corrected chi connectivity index (χ2v) is 8.85. The Balaban J connectivity index is 1.66. The first-order valence-electron chi connectivity index (χ1n) is 10.7. The molecular weight excluding hydrogens is 456 g/mol. The van der Waals surface area contributed by atoms with Crippen LogP contribution in [0.3, 0.4) is 0 Å². The number of phenolic OH excluding ortho intramolecular Hbond substituents is 1. The summed E-state index contributed by atoms with van der Waals surface area (Å²) in [4.78, 5) is 24.4. The van der Waals surface area contributed by atoms with Crippen molar-refractivity contribution in [1.29, 1.82) is 0 Å². The minimum Gasteiger partial charge on any atom is -0.506 e. The Morgan fingerprint density at radius 2 is 1.88 bits per heavy atom. The van der Waals surface area contributed by atoms with Gasteiger partial charge in [0.2, 0.25) is 0 Å². The monoisotopic (exact) mass is 482 g/mol. The number of ether oxygens (including phenoxy) is 1. The molecule has 0 bridgehead atoms. The average Bonchev–Trinajstić information content (AvgIpc) is 2.79. The van der Waals surface area contributed by atoms with E-state index in [1.807, 2.05) is 38.1 Å². The minimum absolute atomic E-state index is 0.0788. The lowest BCUT2D eigenvalue weighted by Gasteiger charge is -2.18. The first kappa shape index (κ1) is 25.0. The topological polar surface area (TPSA) is 126 Å². The zero-order valence-electron chi connectivity index (χ0n) is 19.0. The molecule has 178 valence electrons.